The standard InChI is InChI=1S/C14H19ClN2O2S/c15-12-4-2-1-3-11(12)13(18)8-17-14(19)7-10-9-20-6-5-16-10/h1-4,10,13,16,18H,5-9H2,(H,17,19). The predicted octanol–water partition coefficient (Wildman–Crippen LogP) is 1.58. The Hall–Kier alpha value is -0.750. The maximum atomic E-state index is 11.8. The molecule has 1 fully saturated rings. The van der Waals surface area contributed by atoms with Crippen molar-refractivity contribution in [2.45, 2.75) is 18.6 Å². The number of nitrogens with one attached hydrogen (secondary N) is 2. The van der Waals surface area contributed by atoms with Crippen LogP contribution in [0.15, 0.2) is 24.3 Å². The first-order valence-electron chi connectivity index (χ1n) is 6.67. The number of rotatable bonds is 5. The van der Waals surface area contributed by atoms with E-state index in [1.54, 1.807) is 12.1 Å². The van der Waals surface area contributed by atoms with E-state index in [9.17, 15) is 9.90 Å². The number of aliphatic hydroxyl groups is 1. The van der Waals surface area contributed by atoms with Crippen molar-refractivity contribution in [3.8, 4) is 0 Å². The molecule has 0 aromatic heterocycles. The highest BCUT2D eigenvalue weighted by atomic mass is 35.5. The summed E-state index contributed by atoms with van der Waals surface area (Å²) >= 11 is 7.86. The molecule has 1 aromatic rings. The lowest BCUT2D eigenvalue weighted by molar-refractivity contribution is -0.121. The maximum absolute atomic E-state index is 11.8. The second-order valence-corrected chi connectivity index (χ2v) is 6.33. The van der Waals surface area contributed by atoms with Crippen LogP contribution < -0.4 is 10.6 Å². The highest BCUT2D eigenvalue weighted by Crippen LogP contribution is 2.21. The molecule has 1 aromatic carbocycles. The summed E-state index contributed by atoms with van der Waals surface area (Å²) in [5, 5.41) is 16.6. The first kappa shape index (κ1) is 15.6. The number of carbonyl (C=O) groups is 1. The third-order valence-electron chi connectivity index (χ3n) is 3.19. The van der Waals surface area contributed by atoms with Gasteiger partial charge in [-0.2, -0.15) is 11.8 Å². The number of halogens is 1. The van der Waals surface area contributed by atoms with Gasteiger partial charge in [0.2, 0.25) is 5.91 Å². The second-order valence-electron chi connectivity index (χ2n) is 4.77. The van der Waals surface area contributed by atoms with Crippen molar-refractivity contribution in [2.24, 2.45) is 0 Å². The second kappa shape index (κ2) is 7.88. The first-order chi connectivity index (χ1) is 9.66. The van der Waals surface area contributed by atoms with Gasteiger partial charge in [-0.1, -0.05) is 29.8 Å². The van der Waals surface area contributed by atoms with Gasteiger partial charge in [-0.15, -0.1) is 0 Å². The number of hydrogen-bond donors (Lipinski definition) is 3. The van der Waals surface area contributed by atoms with Crippen LogP contribution in [0.2, 0.25) is 5.02 Å². The molecule has 3 N–H and O–H groups in total. The van der Waals surface area contributed by atoms with Gasteiger partial charge in [0, 0.05) is 47.6 Å². The van der Waals surface area contributed by atoms with E-state index in [0.717, 1.165) is 18.1 Å². The Morgan fingerprint density at radius 2 is 2.35 bits per heavy atom. The normalized spacial score (nSPS) is 20.4. The molecule has 20 heavy (non-hydrogen) atoms. The van der Waals surface area contributed by atoms with E-state index >= 15 is 0 Å². The van der Waals surface area contributed by atoms with Gasteiger partial charge >= 0.3 is 0 Å². The lowest BCUT2D eigenvalue weighted by atomic mass is 10.1. The van der Waals surface area contributed by atoms with E-state index in [1.165, 1.54) is 0 Å². The van der Waals surface area contributed by atoms with Crippen molar-refractivity contribution in [1.82, 2.24) is 10.6 Å². The Kier molecular flexibility index (Phi) is 6.16. The Morgan fingerprint density at radius 3 is 3.05 bits per heavy atom. The third kappa shape index (κ3) is 4.66. The third-order valence-corrected chi connectivity index (χ3v) is 4.66. The zero-order chi connectivity index (χ0) is 14.4. The van der Waals surface area contributed by atoms with Crippen LogP contribution in [0.5, 0.6) is 0 Å². The highest BCUT2D eigenvalue weighted by Gasteiger charge is 2.18. The largest absolute Gasteiger partial charge is 0.387 e. The van der Waals surface area contributed by atoms with Gasteiger partial charge in [0.15, 0.2) is 0 Å². The van der Waals surface area contributed by atoms with Gasteiger partial charge < -0.3 is 15.7 Å². The van der Waals surface area contributed by atoms with Gasteiger partial charge in [-0.3, -0.25) is 4.79 Å². The minimum Gasteiger partial charge on any atom is -0.387 e. The molecule has 6 heteroatoms. The summed E-state index contributed by atoms with van der Waals surface area (Å²) in [7, 11) is 0. The van der Waals surface area contributed by atoms with Crippen molar-refractivity contribution >= 4 is 29.3 Å². The average Bonchev–Trinajstić information content (AvgIpc) is 2.46. The molecule has 1 aliphatic heterocycles. The monoisotopic (exact) mass is 314 g/mol. The lowest BCUT2D eigenvalue weighted by Crippen LogP contribution is -2.41. The maximum Gasteiger partial charge on any atom is 0.221 e. The molecule has 0 bridgehead atoms. The van der Waals surface area contributed by atoms with Gasteiger partial charge in [-0.05, 0) is 6.07 Å². The zero-order valence-corrected chi connectivity index (χ0v) is 12.7. The average molecular weight is 315 g/mol. The molecule has 0 aliphatic carbocycles. The number of aliphatic hydroxyl groups excluding tert-OH is 1. The fraction of sp³-hybridized carbons (Fsp3) is 0.500. The van der Waals surface area contributed by atoms with Crippen LogP contribution in [0.3, 0.4) is 0 Å². The number of benzene rings is 1. The summed E-state index contributed by atoms with van der Waals surface area (Å²) < 4.78 is 0. The molecule has 1 aliphatic rings. The van der Waals surface area contributed by atoms with Gasteiger partial charge in [-0.25, -0.2) is 0 Å². The van der Waals surface area contributed by atoms with E-state index in [4.69, 9.17) is 11.6 Å². The van der Waals surface area contributed by atoms with Crippen molar-refractivity contribution in [3.05, 3.63) is 34.9 Å². The summed E-state index contributed by atoms with van der Waals surface area (Å²) in [4.78, 5) is 11.8. The van der Waals surface area contributed by atoms with Crippen molar-refractivity contribution < 1.29 is 9.90 Å². The van der Waals surface area contributed by atoms with Crippen LogP contribution >= 0.6 is 23.4 Å². The van der Waals surface area contributed by atoms with Crippen molar-refractivity contribution in [2.75, 3.05) is 24.6 Å². The number of amides is 1. The van der Waals surface area contributed by atoms with Crippen LogP contribution in [0, 0.1) is 0 Å². The molecule has 2 unspecified atom stereocenters. The molecular weight excluding hydrogens is 296 g/mol. The van der Waals surface area contributed by atoms with E-state index in [-0.39, 0.29) is 18.5 Å². The smallest absolute Gasteiger partial charge is 0.221 e. The van der Waals surface area contributed by atoms with Crippen LogP contribution in [-0.4, -0.2) is 41.7 Å². The van der Waals surface area contributed by atoms with Crippen LogP contribution in [0.1, 0.15) is 18.1 Å². The molecule has 0 saturated carbocycles. The fourth-order valence-electron chi connectivity index (χ4n) is 2.11. The van der Waals surface area contributed by atoms with Crippen molar-refractivity contribution in [1.29, 1.82) is 0 Å². The zero-order valence-electron chi connectivity index (χ0n) is 11.1. The molecule has 2 atom stereocenters. The Balaban J connectivity index is 1.76. The minimum atomic E-state index is -0.777. The lowest BCUT2D eigenvalue weighted by Gasteiger charge is -2.22. The summed E-state index contributed by atoms with van der Waals surface area (Å²) in [6.45, 7) is 1.13. The van der Waals surface area contributed by atoms with Gasteiger partial charge in [0.25, 0.3) is 0 Å². The van der Waals surface area contributed by atoms with Crippen LogP contribution in [-0.2, 0) is 4.79 Å². The molecule has 4 nitrogen and oxygen atoms in total. The molecule has 2 rings (SSSR count). The number of carbonyl (C=O) groups excluding carboxylic acids is 1. The fourth-order valence-corrected chi connectivity index (χ4v) is 3.32. The number of hydrogen-bond acceptors (Lipinski definition) is 4. The SMILES string of the molecule is O=C(CC1CSCCN1)NCC(O)c1ccccc1Cl. The Morgan fingerprint density at radius 1 is 1.55 bits per heavy atom. The highest BCUT2D eigenvalue weighted by molar-refractivity contribution is 7.99. The molecule has 110 valence electrons. The van der Waals surface area contributed by atoms with E-state index in [0.29, 0.717) is 17.0 Å². The summed E-state index contributed by atoms with van der Waals surface area (Å²) in [6, 6.07) is 7.34. The molecule has 0 radical (unpaired) electrons. The Labute approximate surface area is 128 Å². The first-order valence-corrected chi connectivity index (χ1v) is 8.20. The van der Waals surface area contributed by atoms with E-state index in [2.05, 4.69) is 10.6 Å². The van der Waals surface area contributed by atoms with Crippen LogP contribution in [0.25, 0.3) is 0 Å². The summed E-state index contributed by atoms with van der Waals surface area (Å²) in [6.07, 6.45) is -0.330. The molecular formula is C14H19ClN2O2S. The van der Waals surface area contributed by atoms with Crippen LogP contribution in [0.4, 0.5) is 0 Å². The van der Waals surface area contributed by atoms with E-state index < -0.39 is 6.10 Å². The molecule has 0 spiro atoms. The molecule has 1 amide bonds. The molecule has 1 heterocycles. The van der Waals surface area contributed by atoms with Crippen molar-refractivity contribution in [3.63, 3.8) is 0 Å². The summed E-state index contributed by atoms with van der Waals surface area (Å²) in [5.74, 6) is 2.01. The van der Waals surface area contributed by atoms with E-state index in [1.807, 2.05) is 23.9 Å². The number of thioether (sulfide) groups is 1. The quantitative estimate of drug-likeness (QED) is 0.772. The topological polar surface area (TPSA) is 61.4 Å². The Bertz CT molecular complexity index is 453. The summed E-state index contributed by atoms with van der Waals surface area (Å²) in [5.41, 5.74) is 0.640. The van der Waals surface area contributed by atoms with Gasteiger partial charge in [0.1, 0.15) is 0 Å². The van der Waals surface area contributed by atoms with Gasteiger partial charge in [0.05, 0.1) is 6.10 Å². The predicted molar refractivity (Wildman–Crippen MR) is 83.2 cm³/mol. The molecule has 1 saturated heterocycles. The minimum absolute atomic E-state index is 0.0453.